The number of carbonyl (C=O) groups excluding carboxylic acids is 3. The van der Waals surface area contributed by atoms with Crippen molar-refractivity contribution >= 4 is 18.0 Å². The first-order chi connectivity index (χ1) is 11.0. The SMILES string of the molecule is CCOC(=O)CC(C)(CN(C(=O)OC(C)(C)C)C1CC1)C(=O)OC. The smallest absolute Gasteiger partial charge is 0.410 e. The normalized spacial score (nSPS) is 16.8. The number of carbonyl (C=O) groups is 3. The number of amides is 1. The number of nitrogens with zero attached hydrogens (tertiary/aromatic N) is 1. The van der Waals surface area contributed by atoms with Crippen LogP contribution in [0.2, 0.25) is 0 Å². The van der Waals surface area contributed by atoms with Crippen molar-refractivity contribution in [3.63, 3.8) is 0 Å². The molecule has 0 radical (unpaired) electrons. The molecular weight excluding hydrogens is 314 g/mol. The van der Waals surface area contributed by atoms with Crippen LogP contribution in [0.1, 0.15) is 53.9 Å². The quantitative estimate of drug-likeness (QED) is 0.522. The summed E-state index contributed by atoms with van der Waals surface area (Å²) in [4.78, 5) is 38.1. The third-order valence-electron chi connectivity index (χ3n) is 3.65. The Labute approximate surface area is 143 Å². The van der Waals surface area contributed by atoms with Gasteiger partial charge in [0.2, 0.25) is 0 Å². The van der Waals surface area contributed by atoms with E-state index in [1.165, 1.54) is 12.0 Å². The summed E-state index contributed by atoms with van der Waals surface area (Å²) in [6.45, 7) is 8.95. The van der Waals surface area contributed by atoms with Crippen molar-refractivity contribution in [3.05, 3.63) is 0 Å². The predicted molar refractivity (Wildman–Crippen MR) is 87.3 cm³/mol. The van der Waals surface area contributed by atoms with Crippen molar-refractivity contribution in [3.8, 4) is 0 Å². The topological polar surface area (TPSA) is 82.1 Å². The van der Waals surface area contributed by atoms with E-state index in [1.54, 1.807) is 34.6 Å². The molecule has 0 spiro atoms. The zero-order chi connectivity index (χ0) is 18.5. The summed E-state index contributed by atoms with van der Waals surface area (Å²) in [5.41, 5.74) is -1.81. The Morgan fingerprint density at radius 1 is 1.12 bits per heavy atom. The Balaban J connectivity index is 2.93. The Morgan fingerprint density at radius 3 is 2.12 bits per heavy atom. The summed E-state index contributed by atoms with van der Waals surface area (Å²) in [6.07, 6.45) is 1.08. The van der Waals surface area contributed by atoms with Crippen LogP contribution in [0.3, 0.4) is 0 Å². The summed E-state index contributed by atoms with van der Waals surface area (Å²) in [5, 5.41) is 0. The lowest BCUT2D eigenvalue weighted by Crippen LogP contribution is -2.48. The molecule has 0 N–H and O–H groups in total. The Hall–Kier alpha value is -1.79. The fourth-order valence-electron chi connectivity index (χ4n) is 2.40. The third-order valence-corrected chi connectivity index (χ3v) is 3.65. The minimum atomic E-state index is -1.18. The molecule has 138 valence electrons. The number of methoxy groups -OCH3 is 1. The van der Waals surface area contributed by atoms with Crippen LogP contribution >= 0.6 is 0 Å². The summed E-state index contributed by atoms with van der Waals surface area (Å²) >= 11 is 0. The lowest BCUT2D eigenvalue weighted by Gasteiger charge is -2.34. The molecule has 1 unspecified atom stereocenters. The van der Waals surface area contributed by atoms with Crippen LogP contribution in [0.25, 0.3) is 0 Å². The molecule has 0 saturated heterocycles. The van der Waals surface area contributed by atoms with Gasteiger partial charge in [-0.2, -0.15) is 0 Å². The zero-order valence-electron chi connectivity index (χ0n) is 15.5. The molecule has 7 heteroatoms. The lowest BCUT2D eigenvalue weighted by molar-refractivity contribution is -0.160. The molecular formula is C17H29NO6. The minimum absolute atomic E-state index is 0.0334. The molecule has 1 saturated carbocycles. The van der Waals surface area contributed by atoms with Crippen molar-refractivity contribution in [1.82, 2.24) is 4.90 Å². The van der Waals surface area contributed by atoms with Crippen LogP contribution in [0, 0.1) is 5.41 Å². The van der Waals surface area contributed by atoms with Crippen LogP contribution < -0.4 is 0 Å². The number of ether oxygens (including phenoxy) is 3. The first kappa shape index (κ1) is 20.3. The maximum atomic E-state index is 12.5. The van der Waals surface area contributed by atoms with Gasteiger partial charge in [0, 0.05) is 12.6 Å². The highest BCUT2D eigenvalue weighted by Crippen LogP contribution is 2.34. The van der Waals surface area contributed by atoms with E-state index >= 15 is 0 Å². The first-order valence-electron chi connectivity index (χ1n) is 8.26. The Bertz CT molecular complexity index is 480. The van der Waals surface area contributed by atoms with Crippen LogP contribution in [-0.4, -0.2) is 54.8 Å². The fraction of sp³-hybridized carbons (Fsp3) is 0.824. The van der Waals surface area contributed by atoms with E-state index in [0.717, 1.165) is 12.8 Å². The van der Waals surface area contributed by atoms with Gasteiger partial charge in [0.25, 0.3) is 0 Å². The van der Waals surface area contributed by atoms with E-state index in [2.05, 4.69) is 0 Å². The number of rotatable bonds is 7. The minimum Gasteiger partial charge on any atom is -0.469 e. The van der Waals surface area contributed by atoms with Crippen molar-refractivity contribution in [1.29, 1.82) is 0 Å². The van der Waals surface area contributed by atoms with Crippen LogP contribution in [-0.2, 0) is 23.8 Å². The van der Waals surface area contributed by atoms with E-state index in [4.69, 9.17) is 14.2 Å². The van der Waals surface area contributed by atoms with Crippen LogP contribution in [0.4, 0.5) is 4.79 Å². The maximum Gasteiger partial charge on any atom is 0.410 e. The van der Waals surface area contributed by atoms with Gasteiger partial charge in [-0.1, -0.05) is 0 Å². The van der Waals surface area contributed by atoms with Gasteiger partial charge < -0.3 is 19.1 Å². The number of hydrogen-bond donors (Lipinski definition) is 0. The largest absolute Gasteiger partial charge is 0.469 e. The average Bonchev–Trinajstić information content (AvgIpc) is 3.26. The molecule has 1 atom stereocenters. The average molecular weight is 343 g/mol. The van der Waals surface area contributed by atoms with Gasteiger partial charge in [-0.05, 0) is 47.5 Å². The fourth-order valence-corrected chi connectivity index (χ4v) is 2.40. The van der Waals surface area contributed by atoms with E-state index in [0.29, 0.717) is 0 Å². The van der Waals surface area contributed by atoms with Gasteiger partial charge in [0.05, 0.1) is 25.6 Å². The maximum absolute atomic E-state index is 12.5. The summed E-state index contributed by atoms with van der Waals surface area (Å²) in [6, 6.07) is 0.0334. The van der Waals surface area contributed by atoms with Crippen molar-refractivity contribution in [2.45, 2.75) is 65.5 Å². The van der Waals surface area contributed by atoms with E-state index in [1.807, 2.05) is 0 Å². The lowest BCUT2D eigenvalue weighted by atomic mass is 9.86. The second-order valence-corrected chi connectivity index (χ2v) is 7.37. The Kier molecular flexibility index (Phi) is 6.63. The number of hydrogen-bond acceptors (Lipinski definition) is 6. The van der Waals surface area contributed by atoms with Gasteiger partial charge in [0.1, 0.15) is 5.60 Å². The van der Waals surface area contributed by atoms with Gasteiger partial charge in [-0.15, -0.1) is 0 Å². The third kappa shape index (κ3) is 6.02. The van der Waals surface area contributed by atoms with Crippen LogP contribution in [0.5, 0.6) is 0 Å². The van der Waals surface area contributed by atoms with Gasteiger partial charge in [0.15, 0.2) is 0 Å². The highest BCUT2D eigenvalue weighted by atomic mass is 16.6. The molecule has 1 rings (SSSR count). The monoisotopic (exact) mass is 343 g/mol. The van der Waals surface area contributed by atoms with E-state index < -0.39 is 29.0 Å². The van der Waals surface area contributed by atoms with Crippen LogP contribution in [0.15, 0.2) is 0 Å². The van der Waals surface area contributed by atoms with E-state index in [9.17, 15) is 14.4 Å². The standard InChI is InChI=1S/C17H29NO6/c1-7-23-13(19)10-17(5,14(20)22-6)11-18(12-8-9-12)15(21)24-16(2,3)4/h12H,7-11H2,1-6H3. The molecule has 1 amide bonds. The van der Waals surface area contributed by atoms with Gasteiger partial charge in [-0.3, -0.25) is 9.59 Å². The van der Waals surface area contributed by atoms with Crippen molar-refractivity contribution in [2.75, 3.05) is 20.3 Å². The summed E-state index contributed by atoms with van der Waals surface area (Å²) < 4.78 is 15.2. The molecule has 0 aromatic carbocycles. The zero-order valence-corrected chi connectivity index (χ0v) is 15.5. The molecule has 0 aliphatic heterocycles. The second-order valence-electron chi connectivity index (χ2n) is 7.37. The molecule has 24 heavy (non-hydrogen) atoms. The highest BCUT2D eigenvalue weighted by molar-refractivity contribution is 5.84. The summed E-state index contributed by atoms with van der Waals surface area (Å²) in [5.74, 6) is -1.05. The molecule has 1 fully saturated rings. The van der Waals surface area contributed by atoms with Crippen molar-refractivity contribution < 1.29 is 28.6 Å². The molecule has 0 aromatic rings. The highest BCUT2D eigenvalue weighted by Gasteiger charge is 2.45. The van der Waals surface area contributed by atoms with Gasteiger partial charge >= 0.3 is 18.0 Å². The van der Waals surface area contributed by atoms with Gasteiger partial charge in [-0.25, -0.2) is 4.79 Å². The molecule has 0 heterocycles. The molecule has 0 bridgehead atoms. The molecule has 1 aliphatic rings. The molecule has 7 nitrogen and oxygen atoms in total. The first-order valence-corrected chi connectivity index (χ1v) is 8.26. The molecule has 0 aromatic heterocycles. The summed E-state index contributed by atoms with van der Waals surface area (Å²) in [7, 11) is 1.26. The van der Waals surface area contributed by atoms with Crippen molar-refractivity contribution in [2.24, 2.45) is 5.41 Å². The number of esters is 2. The second kappa shape index (κ2) is 7.85. The predicted octanol–water partition coefficient (Wildman–Crippen LogP) is 2.52. The molecule has 1 aliphatic carbocycles. The Morgan fingerprint density at radius 2 is 1.71 bits per heavy atom. The van der Waals surface area contributed by atoms with E-state index in [-0.39, 0.29) is 25.6 Å².